The highest BCUT2D eigenvalue weighted by molar-refractivity contribution is 7.75. The lowest BCUT2D eigenvalue weighted by atomic mass is 10.1. The number of aryl methyl sites for hydroxylation is 4. The van der Waals surface area contributed by atoms with Crippen molar-refractivity contribution in [1.82, 2.24) is 0 Å². The normalized spacial score (nSPS) is 15.9. The minimum atomic E-state index is -0.575. The van der Waals surface area contributed by atoms with E-state index in [1.807, 2.05) is 0 Å². The molecule has 0 bridgehead atoms. The van der Waals surface area contributed by atoms with Crippen molar-refractivity contribution in [2.75, 3.05) is 0 Å². The van der Waals surface area contributed by atoms with E-state index >= 15 is 0 Å². The summed E-state index contributed by atoms with van der Waals surface area (Å²) in [4.78, 5) is 0. The molecule has 0 nitrogen and oxygen atoms in total. The van der Waals surface area contributed by atoms with E-state index in [0.29, 0.717) is 11.3 Å². The highest BCUT2D eigenvalue weighted by Gasteiger charge is 2.34. The van der Waals surface area contributed by atoms with Crippen LogP contribution in [0.3, 0.4) is 0 Å². The van der Waals surface area contributed by atoms with Crippen molar-refractivity contribution in [2.24, 2.45) is 0 Å². The fourth-order valence-corrected chi connectivity index (χ4v) is 11.7. The molecule has 37 heavy (non-hydrogen) atoms. The first-order valence-electron chi connectivity index (χ1n) is 13.1. The number of hydrogen-bond donors (Lipinski definition) is 0. The second-order valence-electron chi connectivity index (χ2n) is 10.3. The Bertz CT molecular complexity index is 1300. The van der Waals surface area contributed by atoms with E-state index in [0.717, 1.165) is 0 Å². The topological polar surface area (TPSA) is 0 Å². The van der Waals surface area contributed by atoms with Gasteiger partial charge in [0.05, 0.1) is 0 Å². The molecule has 0 saturated carbocycles. The van der Waals surface area contributed by atoms with Crippen LogP contribution in [0.4, 0.5) is 0 Å². The molecule has 0 spiro atoms. The van der Waals surface area contributed by atoms with Crippen molar-refractivity contribution in [1.29, 1.82) is 0 Å². The summed E-state index contributed by atoms with van der Waals surface area (Å²) in [6.07, 6.45) is 7.21. The molecular formula is C35H36P2. The highest BCUT2D eigenvalue weighted by atomic mass is 31.1. The molecule has 2 atom stereocenters. The van der Waals surface area contributed by atoms with E-state index in [-0.39, 0.29) is 0 Å². The van der Waals surface area contributed by atoms with Crippen LogP contribution in [-0.2, 0) is 0 Å². The maximum absolute atomic E-state index is 2.48. The third kappa shape index (κ3) is 5.72. The predicted octanol–water partition coefficient (Wildman–Crippen LogP) is 7.74. The van der Waals surface area contributed by atoms with Crippen LogP contribution in [0.25, 0.3) is 0 Å². The van der Waals surface area contributed by atoms with Gasteiger partial charge >= 0.3 is 0 Å². The molecule has 4 aromatic carbocycles. The molecule has 0 aliphatic heterocycles. The quantitative estimate of drug-likeness (QED) is 0.220. The molecule has 1 aliphatic rings. The summed E-state index contributed by atoms with van der Waals surface area (Å²) in [6, 6.07) is 36.6. The highest BCUT2D eigenvalue weighted by Crippen LogP contribution is 2.52. The van der Waals surface area contributed by atoms with Gasteiger partial charge in [0.2, 0.25) is 0 Å². The lowest BCUT2D eigenvalue weighted by molar-refractivity contribution is 1.07. The van der Waals surface area contributed by atoms with Gasteiger partial charge < -0.3 is 0 Å². The van der Waals surface area contributed by atoms with Crippen molar-refractivity contribution < 1.29 is 0 Å². The zero-order valence-electron chi connectivity index (χ0n) is 22.5. The minimum Gasteiger partial charge on any atom is -0.0724 e. The summed E-state index contributed by atoms with van der Waals surface area (Å²) >= 11 is 0. The summed E-state index contributed by atoms with van der Waals surface area (Å²) in [5.41, 5.74) is 7.81. The maximum atomic E-state index is 2.48. The van der Waals surface area contributed by atoms with Crippen LogP contribution in [0.1, 0.15) is 29.2 Å². The molecule has 0 N–H and O–H groups in total. The third-order valence-corrected chi connectivity index (χ3v) is 12.5. The molecule has 0 aromatic heterocycles. The Morgan fingerprint density at radius 1 is 0.568 bits per heavy atom. The summed E-state index contributed by atoms with van der Waals surface area (Å²) in [5.74, 6) is 0. The Morgan fingerprint density at radius 2 is 1.00 bits per heavy atom. The smallest absolute Gasteiger partial charge is 0.0273 e. The fourth-order valence-electron chi connectivity index (χ4n) is 5.68. The third-order valence-electron chi connectivity index (χ3n) is 7.11. The van der Waals surface area contributed by atoms with Crippen LogP contribution < -0.4 is 21.2 Å². The number of benzene rings is 4. The molecule has 0 fully saturated rings. The van der Waals surface area contributed by atoms with Crippen LogP contribution >= 0.6 is 15.8 Å². The molecule has 1 aliphatic carbocycles. The predicted molar refractivity (Wildman–Crippen MR) is 168 cm³/mol. The molecule has 4 aromatic rings. The van der Waals surface area contributed by atoms with Crippen LogP contribution in [0.15, 0.2) is 121 Å². The minimum absolute atomic E-state index is 0.400. The van der Waals surface area contributed by atoms with E-state index in [2.05, 4.69) is 150 Å². The van der Waals surface area contributed by atoms with E-state index in [4.69, 9.17) is 0 Å². The molecule has 0 saturated heterocycles. The summed E-state index contributed by atoms with van der Waals surface area (Å²) < 4.78 is 0. The summed E-state index contributed by atoms with van der Waals surface area (Å²) in [7, 11) is -1.13. The summed E-state index contributed by atoms with van der Waals surface area (Å²) in [5, 5.41) is 5.86. The number of rotatable bonds is 7. The average Bonchev–Trinajstić information content (AvgIpc) is 3.34. The van der Waals surface area contributed by atoms with Crippen LogP contribution in [0.2, 0.25) is 0 Å². The van der Waals surface area contributed by atoms with Gasteiger partial charge in [-0.3, -0.25) is 0 Å². The Balaban J connectivity index is 1.62. The molecule has 1 unspecified atom stereocenters. The van der Waals surface area contributed by atoms with Crippen LogP contribution in [0.5, 0.6) is 0 Å². The molecule has 2 heteroatoms. The lowest BCUT2D eigenvalue weighted by Crippen LogP contribution is -2.28. The zero-order valence-corrected chi connectivity index (χ0v) is 24.3. The van der Waals surface area contributed by atoms with Gasteiger partial charge in [0, 0.05) is 11.3 Å². The zero-order chi connectivity index (χ0) is 25.9. The number of allylic oxidation sites excluding steroid dienone is 4. The van der Waals surface area contributed by atoms with Crippen molar-refractivity contribution in [3.63, 3.8) is 0 Å². The Morgan fingerprint density at radius 3 is 1.43 bits per heavy atom. The Kier molecular flexibility index (Phi) is 7.90. The van der Waals surface area contributed by atoms with E-state index in [1.165, 1.54) is 43.5 Å². The van der Waals surface area contributed by atoms with E-state index in [9.17, 15) is 0 Å². The van der Waals surface area contributed by atoms with Gasteiger partial charge in [-0.2, -0.15) is 0 Å². The van der Waals surface area contributed by atoms with Gasteiger partial charge in [0.15, 0.2) is 0 Å². The van der Waals surface area contributed by atoms with Gasteiger partial charge in [0.25, 0.3) is 0 Å². The monoisotopic (exact) mass is 518 g/mol. The first-order chi connectivity index (χ1) is 17.9. The number of hydrogen-bond acceptors (Lipinski definition) is 0. The second kappa shape index (κ2) is 11.3. The van der Waals surface area contributed by atoms with Gasteiger partial charge in [-0.15, -0.1) is 0 Å². The van der Waals surface area contributed by atoms with Crippen LogP contribution in [0, 0.1) is 27.7 Å². The fraction of sp³-hybridized carbons (Fsp3) is 0.200. The van der Waals surface area contributed by atoms with Crippen molar-refractivity contribution in [3.8, 4) is 0 Å². The molecule has 0 radical (unpaired) electrons. The van der Waals surface area contributed by atoms with Gasteiger partial charge in [-0.25, -0.2) is 0 Å². The molecule has 5 rings (SSSR count). The van der Waals surface area contributed by atoms with Crippen molar-refractivity contribution >= 4 is 37.1 Å². The van der Waals surface area contributed by atoms with Gasteiger partial charge in [-0.05, 0) is 64.8 Å². The van der Waals surface area contributed by atoms with Gasteiger partial charge in [-0.1, -0.05) is 150 Å². The molecule has 0 heterocycles. The lowest BCUT2D eigenvalue weighted by Gasteiger charge is -2.34. The Hall–Kier alpha value is -2.78. The van der Waals surface area contributed by atoms with Gasteiger partial charge in [0.1, 0.15) is 0 Å². The van der Waals surface area contributed by atoms with Crippen molar-refractivity contribution in [2.45, 2.75) is 45.9 Å². The molecule has 0 amide bonds. The second-order valence-corrected chi connectivity index (χ2v) is 15.2. The standard InChI is InChI=1S/C35H36P2/c1-25-19-26(2)22-32(21-25)36(33-23-27(3)20-28(4)24-33)29(5)34-17-12-18-35(34)37(30-13-8-6-9-14-30)31-15-10-7-11-16-31/h6-24,29,35H,1-5H3/t29-,35?/m1/s1. The molecule has 186 valence electrons. The maximum Gasteiger partial charge on any atom is 0.0273 e. The SMILES string of the molecule is Cc1cc(C)cc(P(c2cc(C)cc(C)c2)[C@H](C)C2=CC=CC2P(c2ccccc2)c2ccccc2)c1. The van der Waals surface area contributed by atoms with E-state index in [1.54, 1.807) is 5.57 Å². The average molecular weight is 519 g/mol. The van der Waals surface area contributed by atoms with Crippen LogP contribution in [-0.4, -0.2) is 11.3 Å². The van der Waals surface area contributed by atoms with E-state index < -0.39 is 15.8 Å². The first-order valence-corrected chi connectivity index (χ1v) is 16.0. The largest absolute Gasteiger partial charge is 0.0724 e. The van der Waals surface area contributed by atoms with Crippen molar-refractivity contribution in [3.05, 3.63) is 143 Å². The first kappa shape index (κ1) is 25.9. The molecular weight excluding hydrogens is 482 g/mol. The summed E-state index contributed by atoms with van der Waals surface area (Å²) in [6.45, 7) is 11.4. The Labute approximate surface area is 225 Å².